The van der Waals surface area contributed by atoms with Crippen LogP contribution in [0, 0.1) is 17.2 Å². The number of likely N-dealkylation sites (tertiary alicyclic amines) is 1. The van der Waals surface area contributed by atoms with Crippen molar-refractivity contribution in [3.8, 4) is 6.07 Å². The van der Waals surface area contributed by atoms with Crippen LogP contribution >= 0.6 is 0 Å². The Bertz CT molecular complexity index is 313. The third-order valence-electron chi connectivity index (χ3n) is 3.78. The van der Waals surface area contributed by atoms with Gasteiger partial charge in [0, 0.05) is 32.0 Å². The topological polar surface area (TPSA) is 56.6 Å². The van der Waals surface area contributed by atoms with E-state index in [-0.39, 0.29) is 11.8 Å². The van der Waals surface area contributed by atoms with Crippen LogP contribution < -0.4 is 0 Å². The van der Waals surface area contributed by atoms with Gasteiger partial charge in [-0.1, -0.05) is 0 Å². The van der Waals surface area contributed by atoms with Gasteiger partial charge in [-0.25, -0.2) is 0 Å². The Balaban J connectivity index is 1.65. The fourth-order valence-electron chi connectivity index (χ4n) is 2.51. The number of carbonyl (C=O) groups is 1. The van der Waals surface area contributed by atoms with Gasteiger partial charge in [0.2, 0.25) is 5.91 Å². The summed E-state index contributed by atoms with van der Waals surface area (Å²) in [6, 6.07) is 2.33. The normalized spacial score (nSPS) is 22.7. The fraction of sp³-hybridized carbons (Fsp3) is 0.846. The molecule has 0 saturated carbocycles. The third kappa shape index (κ3) is 3.69. The van der Waals surface area contributed by atoms with Crippen molar-refractivity contribution in [1.29, 1.82) is 5.26 Å². The molecule has 2 fully saturated rings. The summed E-state index contributed by atoms with van der Waals surface area (Å²) >= 11 is 0. The molecule has 0 atom stereocenters. The molecule has 2 rings (SSSR count). The van der Waals surface area contributed by atoms with Crippen LogP contribution in [0.15, 0.2) is 0 Å². The molecule has 1 amide bonds. The van der Waals surface area contributed by atoms with Crippen LogP contribution in [0.25, 0.3) is 0 Å². The molecule has 0 radical (unpaired) electrons. The zero-order valence-electron chi connectivity index (χ0n) is 10.8. The molecular weight excluding hydrogens is 230 g/mol. The lowest BCUT2D eigenvalue weighted by Gasteiger charge is -2.31. The summed E-state index contributed by atoms with van der Waals surface area (Å²) in [5.74, 6) is 0.455. The molecule has 5 nitrogen and oxygen atoms in total. The minimum atomic E-state index is 0.219. The molecule has 2 aliphatic rings. The Labute approximate surface area is 108 Å². The highest BCUT2D eigenvalue weighted by Gasteiger charge is 2.21. The molecule has 18 heavy (non-hydrogen) atoms. The van der Waals surface area contributed by atoms with E-state index in [0.717, 1.165) is 45.6 Å². The van der Waals surface area contributed by atoms with Gasteiger partial charge in [-0.15, -0.1) is 0 Å². The molecular formula is C13H21N3O2. The number of carbonyl (C=O) groups excluding carboxylic acids is 1. The molecule has 0 bridgehead atoms. The van der Waals surface area contributed by atoms with Crippen molar-refractivity contribution in [2.45, 2.75) is 19.3 Å². The van der Waals surface area contributed by atoms with Crippen molar-refractivity contribution in [2.75, 3.05) is 45.9 Å². The molecule has 0 aromatic rings. The average molecular weight is 251 g/mol. The summed E-state index contributed by atoms with van der Waals surface area (Å²) in [5.41, 5.74) is 0. The van der Waals surface area contributed by atoms with Gasteiger partial charge in [0.05, 0.1) is 19.3 Å². The van der Waals surface area contributed by atoms with E-state index in [1.165, 1.54) is 0 Å². The van der Waals surface area contributed by atoms with Gasteiger partial charge in [-0.3, -0.25) is 4.79 Å². The van der Waals surface area contributed by atoms with E-state index >= 15 is 0 Å². The van der Waals surface area contributed by atoms with Crippen molar-refractivity contribution >= 4 is 5.91 Å². The maximum atomic E-state index is 12.0. The van der Waals surface area contributed by atoms with Gasteiger partial charge in [0.25, 0.3) is 0 Å². The zero-order chi connectivity index (χ0) is 12.8. The predicted octanol–water partition coefficient (Wildman–Crippen LogP) is 0.471. The Kier molecular flexibility index (Phi) is 4.97. The number of hydrogen-bond donors (Lipinski definition) is 0. The summed E-state index contributed by atoms with van der Waals surface area (Å²) in [6.45, 7) is 5.53. The van der Waals surface area contributed by atoms with Gasteiger partial charge in [-0.05, 0) is 25.9 Å². The number of nitrogens with zero attached hydrogens (tertiary/aromatic N) is 3. The van der Waals surface area contributed by atoms with E-state index in [1.54, 1.807) is 0 Å². The molecule has 5 heteroatoms. The maximum Gasteiger partial charge on any atom is 0.224 e. The lowest BCUT2D eigenvalue weighted by molar-refractivity contribution is -0.135. The molecule has 0 spiro atoms. The first-order chi connectivity index (χ1) is 8.79. The quantitative estimate of drug-likeness (QED) is 0.731. The van der Waals surface area contributed by atoms with Crippen molar-refractivity contribution in [3.05, 3.63) is 0 Å². The van der Waals surface area contributed by atoms with E-state index in [1.807, 2.05) is 4.90 Å². The van der Waals surface area contributed by atoms with Gasteiger partial charge >= 0.3 is 0 Å². The van der Waals surface area contributed by atoms with Gasteiger partial charge in [0.15, 0.2) is 0 Å². The van der Waals surface area contributed by atoms with Crippen LogP contribution in [0.1, 0.15) is 19.3 Å². The fourth-order valence-corrected chi connectivity index (χ4v) is 2.51. The number of rotatable bonds is 3. The minimum absolute atomic E-state index is 0.219. The molecule has 0 aliphatic carbocycles. The van der Waals surface area contributed by atoms with E-state index < -0.39 is 0 Å². The molecule has 2 saturated heterocycles. The van der Waals surface area contributed by atoms with Gasteiger partial charge in [0.1, 0.15) is 0 Å². The Morgan fingerprint density at radius 2 is 1.89 bits per heavy atom. The van der Waals surface area contributed by atoms with Gasteiger partial charge in [-0.2, -0.15) is 5.26 Å². The van der Waals surface area contributed by atoms with Crippen LogP contribution in [0.3, 0.4) is 0 Å². The lowest BCUT2D eigenvalue weighted by Crippen LogP contribution is -2.42. The highest BCUT2D eigenvalue weighted by molar-refractivity contribution is 5.76. The van der Waals surface area contributed by atoms with E-state index in [0.29, 0.717) is 19.6 Å². The Hall–Kier alpha value is -1.12. The number of morpholine rings is 1. The maximum absolute atomic E-state index is 12.0. The SMILES string of the molecule is N#CC1CCN(CCC(=O)N2CCOCC2)CC1. The summed E-state index contributed by atoms with van der Waals surface area (Å²) in [7, 11) is 0. The zero-order valence-corrected chi connectivity index (χ0v) is 10.8. The monoisotopic (exact) mass is 251 g/mol. The Morgan fingerprint density at radius 3 is 2.50 bits per heavy atom. The second-order valence-corrected chi connectivity index (χ2v) is 4.99. The first kappa shape index (κ1) is 13.3. The summed E-state index contributed by atoms with van der Waals surface area (Å²) in [5, 5.41) is 8.82. The summed E-state index contributed by atoms with van der Waals surface area (Å²) in [4.78, 5) is 16.1. The van der Waals surface area contributed by atoms with Crippen molar-refractivity contribution in [3.63, 3.8) is 0 Å². The van der Waals surface area contributed by atoms with Crippen molar-refractivity contribution in [1.82, 2.24) is 9.80 Å². The third-order valence-corrected chi connectivity index (χ3v) is 3.78. The number of hydrogen-bond acceptors (Lipinski definition) is 4. The smallest absolute Gasteiger partial charge is 0.224 e. The van der Waals surface area contributed by atoms with Gasteiger partial charge < -0.3 is 14.5 Å². The van der Waals surface area contributed by atoms with Crippen molar-refractivity contribution in [2.24, 2.45) is 5.92 Å². The van der Waals surface area contributed by atoms with E-state index in [2.05, 4.69) is 11.0 Å². The summed E-state index contributed by atoms with van der Waals surface area (Å²) < 4.78 is 5.23. The number of ether oxygens (including phenoxy) is 1. The van der Waals surface area contributed by atoms with Crippen LogP contribution in [0.4, 0.5) is 0 Å². The Morgan fingerprint density at radius 1 is 1.22 bits per heavy atom. The van der Waals surface area contributed by atoms with E-state index in [4.69, 9.17) is 10.00 Å². The molecule has 0 aromatic heterocycles. The largest absolute Gasteiger partial charge is 0.378 e. The average Bonchev–Trinajstić information content (AvgIpc) is 2.46. The first-order valence-corrected chi connectivity index (χ1v) is 6.77. The molecule has 100 valence electrons. The molecule has 2 heterocycles. The van der Waals surface area contributed by atoms with Crippen LogP contribution in [0.5, 0.6) is 0 Å². The second kappa shape index (κ2) is 6.72. The number of nitriles is 1. The summed E-state index contributed by atoms with van der Waals surface area (Å²) in [6.07, 6.45) is 2.49. The molecule has 0 unspecified atom stereocenters. The van der Waals surface area contributed by atoms with E-state index in [9.17, 15) is 4.79 Å². The highest BCUT2D eigenvalue weighted by atomic mass is 16.5. The second-order valence-electron chi connectivity index (χ2n) is 4.99. The van der Waals surface area contributed by atoms with Crippen molar-refractivity contribution < 1.29 is 9.53 Å². The molecule has 2 aliphatic heterocycles. The predicted molar refractivity (Wildman–Crippen MR) is 66.8 cm³/mol. The lowest BCUT2D eigenvalue weighted by atomic mass is 9.98. The molecule has 0 N–H and O–H groups in total. The minimum Gasteiger partial charge on any atom is -0.378 e. The standard InChI is InChI=1S/C13H21N3O2/c14-11-12-1-4-15(5-2-12)6-3-13(17)16-7-9-18-10-8-16/h12H,1-10H2. The van der Waals surface area contributed by atoms with Crippen LogP contribution in [-0.4, -0.2) is 61.6 Å². The number of amides is 1. The first-order valence-electron chi connectivity index (χ1n) is 6.77. The highest BCUT2D eigenvalue weighted by Crippen LogP contribution is 2.16. The number of piperidine rings is 1. The van der Waals surface area contributed by atoms with Crippen LogP contribution in [-0.2, 0) is 9.53 Å². The van der Waals surface area contributed by atoms with Crippen LogP contribution in [0.2, 0.25) is 0 Å². The molecule has 0 aromatic carbocycles.